The maximum Gasteiger partial charge on any atom is 0.138 e. The minimum atomic E-state index is -0.106. The van der Waals surface area contributed by atoms with Gasteiger partial charge in [0.2, 0.25) is 0 Å². The van der Waals surface area contributed by atoms with Gasteiger partial charge in [-0.05, 0) is 71.1 Å². The maximum atomic E-state index is 9.83. The van der Waals surface area contributed by atoms with Gasteiger partial charge in [0.15, 0.2) is 0 Å². The number of halogens is 1. The molecule has 4 heteroatoms. The van der Waals surface area contributed by atoms with Crippen LogP contribution in [0.4, 0.5) is 5.82 Å². The fourth-order valence-electron chi connectivity index (χ4n) is 3.32. The van der Waals surface area contributed by atoms with Crippen molar-refractivity contribution >= 4 is 32.7 Å². The zero-order valence-electron chi connectivity index (χ0n) is 12.2. The average Bonchev–Trinajstić information content (AvgIpc) is 2.77. The lowest BCUT2D eigenvalue weighted by atomic mass is 9.97. The number of aliphatic hydroxyl groups excluding tert-OH is 1. The molecule has 3 rings (SSSR count). The van der Waals surface area contributed by atoms with E-state index in [2.05, 4.69) is 46.0 Å². The molecular formula is C17H21BrN2O. The molecule has 21 heavy (non-hydrogen) atoms. The summed E-state index contributed by atoms with van der Waals surface area (Å²) in [4.78, 5) is 4.43. The molecule has 1 aliphatic carbocycles. The highest BCUT2D eigenvalue weighted by Gasteiger charge is 2.29. The summed E-state index contributed by atoms with van der Waals surface area (Å²) >= 11 is 3.41. The quantitative estimate of drug-likeness (QED) is 0.883. The summed E-state index contributed by atoms with van der Waals surface area (Å²) in [5.74, 6) is 1.63. The zero-order valence-corrected chi connectivity index (χ0v) is 13.8. The highest BCUT2D eigenvalue weighted by atomic mass is 79.9. The van der Waals surface area contributed by atoms with Crippen molar-refractivity contribution in [2.45, 2.75) is 38.7 Å². The number of fused-ring (bicyclic) bond motifs is 1. The van der Waals surface area contributed by atoms with Crippen LogP contribution in [0.25, 0.3) is 10.9 Å². The third kappa shape index (κ3) is 3.22. The molecule has 0 bridgehead atoms. The second kappa shape index (κ2) is 5.93. The number of nitrogen functional groups attached to an aromatic ring is 1. The number of aryl methyl sites for hydroxylation is 1. The Morgan fingerprint density at radius 1 is 1.33 bits per heavy atom. The topological polar surface area (TPSA) is 59.1 Å². The number of aliphatic hydroxyl groups is 1. The highest BCUT2D eigenvalue weighted by molar-refractivity contribution is 9.10. The number of nitrogens with zero attached hydrogens (tertiary/aromatic N) is 1. The van der Waals surface area contributed by atoms with Gasteiger partial charge in [0, 0.05) is 5.39 Å². The van der Waals surface area contributed by atoms with Crippen LogP contribution < -0.4 is 5.73 Å². The summed E-state index contributed by atoms with van der Waals surface area (Å²) < 4.78 is 0.844. The molecule has 0 amide bonds. The molecule has 1 saturated carbocycles. The maximum absolute atomic E-state index is 9.83. The number of anilines is 1. The van der Waals surface area contributed by atoms with E-state index >= 15 is 0 Å². The number of aromatic nitrogens is 1. The number of rotatable bonds is 3. The number of hydrogen-bond acceptors (Lipinski definition) is 3. The van der Waals surface area contributed by atoms with Gasteiger partial charge >= 0.3 is 0 Å². The van der Waals surface area contributed by atoms with E-state index in [4.69, 9.17) is 5.73 Å². The fourth-order valence-corrected chi connectivity index (χ4v) is 3.65. The minimum absolute atomic E-state index is 0.106. The second-order valence-corrected chi connectivity index (χ2v) is 7.16. The molecule has 1 fully saturated rings. The molecule has 1 aromatic heterocycles. The predicted molar refractivity (Wildman–Crippen MR) is 90.1 cm³/mol. The number of benzene rings is 1. The van der Waals surface area contributed by atoms with Crippen molar-refractivity contribution in [1.82, 2.24) is 4.98 Å². The number of pyridine rings is 1. The van der Waals surface area contributed by atoms with E-state index < -0.39 is 0 Å². The van der Waals surface area contributed by atoms with Gasteiger partial charge in [0.05, 0.1) is 16.1 Å². The van der Waals surface area contributed by atoms with Gasteiger partial charge in [-0.3, -0.25) is 0 Å². The van der Waals surface area contributed by atoms with Crippen molar-refractivity contribution in [3.8, 4) is 0 Å². The third-order valence-electron chi connectivity index (χ3n) is 4.64. The van der Waals surface area contributed by atoms with E-state index in [0.29, 0.717) is 17.7 Å². The molecule has 112 valence electrons. The van der Waals surface area contributed by atoms with Crippen molar-refractivity contribution in [2.75, 3.05) is 5.73 Å². The monoisotopic (exact) mass is 348 g/mol. The molecule has 0 radical (unpaired) electrons. The van der Waals surface area contributed by atoms with Crippen LogP contribution in [-0.2, 0) is 6.42 Å². The molecule has 0 unspecified atom stereocenters. The Bertz CT molecular complexity index is 649. The van der Waals surface area contributed by atoms with Crippen LogP contribution in [0.3, 0.4) is 0 Å². The standard InChI is InChI=1S/C17H21BrN2O/c1-10-6-12(8-16(10)21)3-2-11-4-5-13-9-14(18)17(19)20-15(13)7-11/h4-5,7,9-10,12,16,21H,2-3,6,8H2,1H3,(H2,19,20)/t10-,12+,16-/m1/s1. The molecule has 1 aromatic carbocycles. The van der Waals surface area contributed by atoms with Gasteiger partial charge in [0.1, 0.15) is 5.82 Å². The smallest absolute Gasteiger partial charge is 0.138 e. The Hall–Kier alpha value is -1.13. The molecule has 2 aromatic rings. The average molecular weight is 349 g/mol. The summed E-state index contributed by atoms with van der Waals surface area (Å²) in [6.45, 7) is 2.14. The van der Waals surface area contributed by atoms with Crippen molar-refractivity contribution < 1.29 is 5.11 Å². The highest BCUT2D eigenvalue weighted by Crippen LogP contribution is 2.34. The lowest BCUT2D eigenvalue weighted by Crippen LogP contribution is -2.08. The van der Waals surface area contributed by atoms with Crippen molar-refractivity contribution in [1.29, 1.82) is 0 Å². The van der Waals surface area contributed by atoms with E-state index in [9.17, 15) is 5.11 Å². The summed E-state index contributed by atoms with van der Waals surface area (Å²) in [5, 5.41) is 10.9. The zero-order chi connectivity index (χ0) is 15.0. The molecule has 0 aliphatic heterocycles. The van der Waals surface area contributed by atoms with Crippen molar-refractivity contribution in [3.63, 3.8) is 0 Å². The lowest BCUT2D eigenvalue weighted by molar-refractivity contribution is 0.139. The van der Waals surface area contributed by atoms with Gasteiger partial charge in [-0.1, -0.05) is 19.1 Å². The molecule has 3 nitrogen and oxygen atoms in total. The van der Waals surface area contributed by atoms with Crippen LogP contribution in [0, 0.1) is 11.8 Å². The second-order valence-electron chi connectivity index (χ2n) is 6.30. The first-order chi connectivity index (χ1) is 10.0. The molecular weight excluding hydrogens is 328 g/mol. The van der Waals surface area contributed by atoms with Gasteiger partial charge in [-0.15, -0.1) is 0 Å². The fraction of sp³-hybridized carbons (Fsp3) is 0.471. The normalized spacial score (nSPS) is 25.6. The Balaban J connectivity index is 1.71. The Kier molecular flexibility index (Phi) is 4.18. The summed E-state index contributed by atoms with van der Waals surface area (Å²) in [7, 11) is 0. The van der Waals surface area contributed by atoms with E-state index in [1.807, 2.05) is 6.07 Å². The van der Waals surface area contributed by atoms with Crippen LogP contribution in [0.5, 0.6) is 0 Å². The minimum Gasteiger partial charge on any atom is -0.393 e. The molecule has 1 aliphatic rings. The van der Waals surface area contributed by atoms with Crippen LogP contribution in [0.1, 0.15) is 31.7 Å². The van der Waals surface area contributed by atoms with Gasteiger partial charge in [-0.25, -0.2) is 4.98 Å². The van der Waals surface area contributed by atoms with Crippen molar-refractivity contribution in [3.05, 3.63) is 34.3 Å². The van der Waals surface area contributed by atoms with E-state index in [-0.39, 0.29) is 6.10 Å². The Morgan fingerprint density at radius 2 is 2.14 bits per heavy atom. The van der Waals surface area contributed by atoms with Gasteiger partial charge in [0.25, 0.3) is 0 Å². The molecule has 1 heterocycles. The van der Waals surface area contributed by atoms with E-state index in [0.717, 1.165) is 41.1 Å². The largest absolute Gasteiger partial charge is 0.393 e. The third-order valence-corrected chi connectivity index (χ3v) is 5.28. The van der Waals surface area contributed by atoms with E-state index in [1.165, 1.54) is 5.56 Å². The Morgan fingerprint density at radius 3 is 2.86 bits per heavy atom. The SMILES string of the molecule is C[C@@H]1C[C@H](CCc2ccc3cc(Br)c(N)nc3c2)C[C@H]1O. The van der Waals surface area contributed by atoms with Crippen LogP contribution >= 0.6 is 15.9 Å². The van der Waals surface area contributed by atoms with Crippen LogP contribution in [0.15, 0.2) is 28.7 Å². The molecule has 0 saturated heterocycles. The summed E-state index contributed by atoms with van der Waals surface area (Å²) in [6, 6.07) is 8.42. The van der Waals surface area contributed by atoms with Crippen LogP contribution in [0.2, 0.25) is 0 Å². The van der Waals surface area contributed by atoms with Gasteiger partial charge in [-0.2, -0.15) is 0 Å². The van der Waals surface area contributed by atoms with Crippen molar-refractivity contribution in [2.24, 2.45) is 11.8 Å². The number of nitrogens with two attached hydrogens (primary N) is 1. The summed E-state index contributed by atoms with van der Waals surface area (Å²) in [6.07, 6.45) is 4.17. The first-order valence-electron chi connectivity index (χ1n) is 7.55. The van der Waals surface area contributed by atoms with Crippen LogP contribution in [-0.4, -0.2) is 16.2 Å². The number of hydrogen-bond donors (Lipinski definition) is 2. The first kappa shape index (κ1) is 14.8. The van der Waals surface area contributed by atoms with E-state index in [1.54, 1.807) is 0 Å². The predicted octanol–water partition coefficient (Wildman–Crippen LogP) is 3.92. The molecule has 0 spiro atoms. The summed E-state index contributed by atoms with van der Waals surface area (Å²) in [5.41, 5.74) is 8.10. The molecule has 3 atom stereocenters. The molecule has 3 N–H and O–H groups in total. The first-order valence-corrected chi connectivity index (χ1v) is 8.35. The lowest BCUT2D eigenvalue weighted by Gasteiger charge is -2.10. The van der Waals surface area contributed by atoms with Gasteiger partial charge < -0.3 is 10.8 Å². The Labute approximate surface area is 133 Å².